The van der Waals surface area contributed by atoms with Gasteiger partial charge in [-0.25, -0.2) is 5.48 Å². The van der Waals surface area contributed by atoms with Gasteiger partial charge in [-0.05, 0) is 6.42 Å². The molecule has 0 unspecified atom stereocenters. The number of nitrogens with two attached hydrogens (primary N) is 1. The van der Waals surface area contributed by atoms with Gasteiger partial charge < -0.3 is 10.8 Å². The van der Waals surface area contributed by atoms with Gasteiger partial charge in [-0.3, -0.25) is 10.0 Å². The fraction of sp³-hybridized carbons (Fsp3) is 0.950. The van der Waals surface area contributed by atoms with Gasteiger partial charge in [0, 0.05) is 13.0 Å². The van der Waals surface area contributed by atoms with Gasteiger partial charge in [-0.1, -0.05) is 96.8 Å². The summed E-state index contributed by atoms with van der Waals surface area (Å²) < 4.78 is 0. The lowest BCUT2D eigenvalue weighted by molar-refractivity contribution is -0.129. The Bertz CT molecular complexity index is 249. The molecule has 0 fully saturated rings. The SMILES string of the molecule is CCCCCCCCCCCCCCCCCC(=O)NO.NCCO. The second kappa shape index (κ2) is 25.6. The standard InChI is InChI=1S/C18H37NO2.C2H7NO/c1-2-3-4-5-6-7-8-9-10-11-12-13-14-15-16-17-18(20)19-21;3-1-2-4/h21H,2-17H2,1H3,(H,19,20);4H,1-3H2. The molecule has 5 nitrogen and oxygen atoms in total. The topological polar surface area (TPSA) is 95.6 Å². The summed E-state index contributed by atoms with van der Waals surface area (Å²) in [6, 6.07) is 0. The van der Waals surface area contributed by atoms with Crippen LogP contribution in [0.3, 0.4) is 0 Å². The summed E-state index contributed by atoms with van der Waals surface area (Å²) >= 11 is 0. The Labute approximate surface area is 155 Å². The Morgan fingerprint density at radius 3 is 1.36 bits per heavy atom. The molecule has 152 valence electrons. The van der Waals surface area contributed by atoms with Gasteiger partial charge in [-0.15, -0.1) is 0 Å². The van der Waals surface area contributed by atoms with Crippen LogP contribution in [0.25, 0.3) is 0 Å². The number of hydrogen-bond acceptors (Lipinski definition) is 4. The van der Waals surface area contributed by atoms with E-state index in [-0.39, 0.29) is 12.5 Å². The fourth-order valence-corrected chi connectivity index (χ4v) is 2.71. The summed E-state index contributed by atoms with van der Waals surface area (Å²) in [4.78, 5) is 10.8. The number of carbonyl (C=O) groups is 1. The number of nitrogens with one attached hydrogen (secondary N) is 1. The maximum atomic E-state index is 10.8. The zero-order valence-electron chi connectivity index (χ0n) is 16.6. The van der Waals surface area contributed by atoms with Crippen molar-refractivity contribution in [3.05, 3.63) is 0 Å². The number of amides is 1. The lowest BCUT2D eigenvalue weighted by Gasteiger charge is -2.03. The first kappa shape index (κ1) is 26.6. The number of aliphatic hydroxyl groups excluding tert-OH is 1. The van der Waals surface area contributed by atoms with Crippen molar-refractivity contribution in [3.63, 3.8) is 0 Å². The van der Waals surface area contributed by atoms with Crippen LogP contribution < -0.4 is 11.2 Å². The fourth-order valence-electron chi connectivity index (χ4n) is 2.71. The highest BCUT2D eigenvalue weighted by Crippen LogP contribution is 2.13. The maximum Gasteiger partial charge on any atom is 0.243 e. The quantitative estimate of drug-likeness (QED) is 0.172. The molecular formula is C20H44N2O3. The normalized spacial score (nSPS) is 10.2. The van der Waals surface area contributed by atoms with Crippen LogP contribution in [0.2, 0.25) is 0 Å². The number of carbonyl (C=O) groups excluding carboxylic acids is 1. The maximum absolute atomic E-state index is 10.8. The summed E-state index contributed by atoms with van der Waals surface area (Å²) in [6.07, 6.45) is 20.3. The van der Waals surface area contributed by atoms with Crippen LogP contribution in [0.15, 0.2) is 0 Å². The third kappa shape index (κ3) is 28.4. The van der Waals surface area contributed by atoms with Gasteiger partial charge in [0.1, 0.15) is 0 Å². The van der Waals surface area contributed by atoms with Crippen LogP contribution in [0.1, 0.15) is 110 Å². The number of hydrogen-bond donors (Lipinski definition) is 4. The van der Waals surface area contributed by atoms with E-state index in [0.717, 1.165) is 12.8 Å². The monoisotopic (exact) mass is 360 g/mol. The predicted molar refractivity (Wildman–Crippen MR) is 106 cm³/mol. The zero-order chi connectivity index (χ0) is 19.0. The Balaban J connectivity index is 0. The van der Waals surface area contributed by atoms with Crippen LogP contribution in [0.5, 0.6) is 0 Å². The van der Waals surface area contributed by atoms with Crippen molar-refractivity contribution in [2.24, 2.45) is 5.73 Å². The average Bonchev–Trinajstić information content (AvgIpc) is 2.64. The highest BCUT2D eigenvalue weighted by atomic mass is 16.5. The second-order valence-corrected chi connectivity index (χ2v) is 6.75. The molecule has 0 rings (SSSR count). The van der Waals surface area contributed by atoms with E-state index in [9.17, 15) is 4.79 Å². The van der Waals surface area contributed by atoms with Crippen LogP contribution in [-0.2, 0) is 4.79 Å². The molecule has 25 heavy (non-hydrogen) atoms. The molecule has 0 aromatic carbocycles. The van der Waals surface area contributed by atoms with Gasteiger partial charge >= 0.3 is 0 Å². The molecule has 0 saturated carbocycles. The Morgan fingerprint density at radius 1 is 0.760 bits per heavy atom. The van der Waals surface area contributed by atoms with E-state index in [2.05, 4.69) is 6.92 Å². The second-order valence-electron chi connectivity index (χ2n) is 6.75. The lowest BCUT2D eigenvalue weighted by atomic mass is 10.0. The van der Waals surface area contributed by atoms with Crippen molar-refractivity contribution in [3.8, 4) is 0 Å². The smallest absolute Gasteiger partial charge is 0.243 e. The van der Waals surface area contributed by atoms with Gasteiger partial charge in [-0.2, -0.15) is 0 Å². The van der Waals surface area contributed by atoms with Crippen LogP contribution in [0, 0.1) is 0 Å². The highest BCUT2D eigenvalue weighted by molar-refractivity contribution is 5.74. The zero-order valence-corrected chi connectivity index (χ0v) is 16.6. The lowest BCUT2D eigenvalue weighted by Crippen LogP contribution is -2.17. The van der Waals surface area contributed by atoms with Crippen molar-refractivity contribution >= 4 is 5.91 Å². The van der Waals surface area contributed by atoms with Gasteiger partial charge in [0.2, 0.25) is 5.91 Å². The first-order valence-electron chi connectivity index (χ1n) is 10.5. The summed E-state index contributed by atoms with van der Waals surface area (Å²) in [5.74, 6) is -0.260. The third-order valence-corrected chi connectivity index (χ3v) is 4.26. The van der Waals surface area contributed by atoms with E-state index in [4.69, 9.17) is 16.0 Å². The largest absolute Gasteiger partial charge is 0.395 e. The molecule has 0 atom stereocenters. The molecule has 0 heterocycles. The van der Waals surface area contributed by atoms with E-state index in [1.807, 2.05) is 0 Å². The third-order valence-electron chi connectivity index (χ3n) is 4.26. The number of unbranched alkanes of at least 4 members (excludes halogenated alkanes) is 14. The highest BCUT2D eigenvalue weighted by Gasteiger charge is 1.98. The van der Waals surface area contributed by atoms with Crippen molar-refractivity contribution in [1.82, 2.24) is 5.48 Å². The van der Waals surface area contributed by atoms with E-state index >= 15 is 0 Å². The molecule has 1 amide bonds. The molecule has 0 aromatic heterocycles. The van der Waals surface area contributed by atoms with Crippen molar-refractivity contribution in [2.45, 2.75) is 110 Å². The van der Waals surface area contributed by atoms with Crippen molar-refractivity contribution < 1.29 is 15.1 Å². The van der Waals surface area contributed by atoms with Crippen molar-refractivity contribution in [2.75, 3.05) is 13.2 Å². The molecule has 5 N–H and O–H groups in total. The summed E-state index contributed by atoms with van der Waals surface area (Å²) in [5, 5.41) is 16.1. The molecule has 0 saturated heterocycles. The van der Waals surface area contributed by atoms with Gasteiger partial charge in [0.15, 0.2) is 0 Å². The Hall–Kier alpha value is -0.650. The van der Waals surface area contributed by atoms with E-state index < -0.39 is 0 Å². The number of aliphatic hydroxyl groups is 1. The molecule has 0 aliphatic heterocycles. The van der Waals surface area contributed by atoms with Crippen LogP contribution in [0.4, 0.5) is 0 Å². The average molecular weight is 361 g/mol. The van der Waals surface area contributed by atoms with E-state index in [1.165, 1.54) is 83.5 Å². The van der Waals surface area contributed by atoms with E-state index in [1.54, 1.807) is 5.48 Å². The Kier molecular flexibility index (Phi) is 27.2. The molecule has 0 spiro atoms. The Morgan fingerprint density at radius 2 is 1.08 bits per heavy atom. The number of hydroxylamine groups is 1. The summed E-state index contributed by atoms with van der Waals surface area (Å²) in [6.45, 7) is 2.74. The molecule has 0 aromatic rings. The van der Waals surface area contributed by atoms with Gasteiger partial charge in [0.05, 0.1) is 6.61 Å². The van der Waals surface area contributed by atoms with Crippen LogP contribution >= 0.6 is 0 Å². The van der Waals surface area contributed by atoms with E-state index in [0.29, 0.717) is 13.0 Å². The number of rotatable bonds is 17. The minimum atomic E-state index is -0.260. The molecule has 0 radical (unpaired) electrons. The summed E-state index contributed by atoms with van der Waals surface area (Å²) in [5.41, 5.74) is 6.45. The van der Waals surface area contributed by atoms with Gasteiger partial charge in [0.25, 0.3) is 0 Å². The van der Waals surface area contributed by atoms with Crippen LogP contribution in [-0.4, -0.2) is 29.4 Å². The molecule has 0 aliphatic carbocycles. The minimum absolute atomic E-state index is 0.0972. The first-order valence-corrected chi connectivity index (χ1v) is 10.5. The van der Waals surface area contributed by atoms with Crippen molar-refractivity contribution in [1.29, 1.82) is 0 Å². The summed E-state index contributed by atoms with van der Waals surface area (Å²) in [7, 11) is 0. The predicted octanol–water partition coefficient (Wildman–Crippen LogP) is 4.69. The molecule has 5 heteroatoms. The molecule has 0 bridgehead atoms. The molecule has 0 aliphatic rings. The first-order chi connectivity index (χ1) is 12.2. The molecular weight excluding hydrogens is 316 g/mol. The minimum Gasteiger partial charge on any atom is -0.395 e.